The maximum Gasteiger partial charge on any atom is 0.0646 e. The number of aromatic nitrogens is 2. The average molecular weight is 610 g/mol. The zero-order valence-corrected chi connectivity index (χ0v) is 23.2. The van der Waals surface area contributed by atoms with Crippen LogP contribution in [-0.2, 0) is 0 Å². The summed E-state index contributed by atoms with van der Waals surface area (Å²) >= 11 is 2.43. The van der Waals surface area contributed by atoms with Crippen molar-refractivity contribution in [2.75, 3.05) is 0 Å². The van der Waals surface area contributed by atoms with Crippen molar-refractivity contribution in [3.8, 4) is 27.9 Å². The van der Waals surface area contributed by atoms with Gasteiger partial charge in [0.25, 0.3) is 0 Å². The molecule has 0 aliphatic rings. The molecule has 0 amide bonds. The van der Waals surface area contributed by atoms with Gasteiger partial charge in [-0.15, -0.1) is 0 Å². The van der Waals surface area contributed by atoms with E-state index in [1.54, 1.807) is 0 Å². The summed E-state index contributed by atoms with van der Waals surface area (Å²) in [6.07, 6.45) is 0. The summed E-state index contributed by atoms with van der Waals surface area (Å²) in [5, 5.41) is 5.21. The van der Waals surface area contributed by atoms with Crippen LogP contribution >= 0.6 is 22.9 Å². The van der Waals surface area contributed by atoms with E-state index in [2.05, 4.69) is 170 Å². The summed E-state index contributed by atoms with van der Waals surface area (Å²) in [5.74, 6) is 0. The number of hydrogen-bond acceptors (Lipinski definition) is 0. The zero-order valence-electron chi connectivity index (χ0n) is 21.1. The highest BCUT2D eigenvalue weighted by molar-refractivity contribution is 14.1. The average Bonchev–Trinajstić information content (AvgIpc) is 3.50. The first-order valence-corrected chi connectivity index (χ1v) is 14.1. The molecule has 2 nitrogen and oxygen atoms in total. The fraction of sp³-hybridized carbons (Fsp3) is 0. The van der Waals surface area contributed by atoms with Gasteiger partial charge < -0.3 is 4.57 Å². The van der Waals surface area contributed by atoms with E-state index in [1.165, 1.54) is 71.6 Å². The van der Waals surface area contributed by atoms with Crippen LogP contribution in [-0.4, -0.2) is 7.35 Å². The molecule has 0 saturated heterocycles. The molecule has 0 aliphatic carbocycles. The summed E-state index contributed by atoms with van der Waals surface area (Å²) in [6.45, 7) is 0. The minimum Gasteiger partial charge on any atom is -0.309 e. The van der Waals surface area contributed by atoms with E-state index >= 15 is 0 Å². The molecule has 2 heterocycles. The normalized spacial score (nSPS) is 11.7. The molecule has 0 spiro atoms. The van der Waals surface area contributed by atoms with E-state index in [9.17, 15) is 0 Å². The molecule has 184 valence electrons. The van der Waals surface area contributed by atoms with E-state index in [4.69, 9.17) is 0 Å². The Balaban J connectivity index is 1.35. The van der Waals surface area contributed by atoms with Gasteiger partial charge in [0.15, 0.2) is 0 Å². The molecule has 6 aromatic carbocycles. The van der Waals surface area contributed by atoms with Crippen molar-refractivity contribution >= 4 is 66.5 Å². The maximum atomic E-state index is 2.43. The Morgan fingerprint density at radius 2 is 0.923 bits per heavy atom. The van der Waals surface area contributed by atoms with Gasteiger partial charge in [-0.05, 0) is 58.7 Å². The highest BCUT2D eigenvalue weighted by Crippen LogP contribution is 2.42. The molecule has 0 radical (unpaired) electrons. The third-order valence-corrected chi connectivity index (χ3v) is 8.88. The van der Waals surface area contributed by atoms with Crippen LogP contribution in [0.2, 0.25) is 0 Å². The van der Waals surface area contributed by atoms with Crippen molar-refractivity contribution in [2.45, 2.75) is 0 Å². The highest BCUT2D eigenvalue weighted by Gasteiger charge is 2.19. The van der Waals surface area contributed by atoms with E-state index in [0.717, 1.165) is 0 Å². The molecule has 0 bridgehead atoms. The van der Waals surface area contributed by atoms with Crippen LogP contribution in [0.3, 0.4) is 0 Å². The fourth-order valence-electron chi connectivity index (χ4n) is 6.06. The smallest absolute Gasteiger partial charge is 0.0646 e. The largest absolute Gasteiger partial charge is 0.309 e. The SMILES string of the molecule is In1c2ccccc2c2c3c4ccccc4n(-c4cccc(-c5ccc(-c6ccccc6)cc5)c4)c3ccc21. The zero-order chi connectivity index (χ0) is 25.9. The third-order valence-electron chi connectivity index (χ3n) is 7.84. The second-order valence-corrected chi connectivity index (χ2v) is 11.0. The van der Waals surface area contributed by atoms with E-state index < -0.39 is 0 Å². The van der Waals surface area contributed by atoms with Crippen molar-refractivity contribution in [3.63, 3.8) is 0 Å². The molecule has 8 rings (SSSR count). The topological polar surface area (TPSA) is 9.86 Å². The van der Waals surface area contributed by atoms with Gasteiger partial charge in [0, 0.05) is 27.2 Å². The molecular weight excluding hydrogens is 587 g/mol. The fourth-order valence-corrected chi connectivity index (χ4v) is 6.88. The second kappa shape index (κ2) is 8.85. The first kappa shape index (κ1) is 22.6. The van der Waals surface area contributed by atoms with Gasteiger partial charge in [0.05, 0.1) is 44.9 Å². The lowest BCUT2D eigenvalue weighted by molar-refractivity contribution is 1.18. The lowest BCUT2D eigenvalue weighted by Crippen LogP contribution is -1.94. The van der Waals surface area contributed by atoms with Gasteiger partial charge in [-0.1, -0.05) is 103 Å². The third kappa shape index (κ3) is 3.46. The molecule has 2 aromatic heterocycles. The molecule has 0 fully saturated rings. The lowest BCUT2D eigenvalue weighted by Gasteiger charge is -2.11. The highest BCUT2D eigenvalue weighted by atomic mass is 127. The van der Waals surface area contributed by atoms with Crippen LogP contribution in [0.25, 0.3) is 71.6 Å². The number of rotatable bonds is 3. The van der Waals surface area contributed by atoms with E-state index in [1.807, 2.05) is 0 Å². The quantitative estimate of drug-likeness (QED) is 0.176. The molecule has 0 atom stereocenters. The van der Waals surface area contributed by atoms with Crippen LogP contribution < -0.4 is 0 Å². The minimum atomic E-state index is 1.17. The molecule has 0 aliphatic heterocycles. The van der Waals surface area contributed by atoms with Crippen molar-refractivity contribution < 1.29 is 0 Å². The lowest BCUT2D eigenvalue weighted by atomic mass is 10.00. The van der Waals surface area contributed by atoms with Crippen LogP contribution in [0, 0.1) is 0 Å². The number of fused-ring (bicyclic) bond motifs is 7. The molecule has 8 aromatic rings. The number of hydrogen-bond donors (Lipinski definition) is 0. The van der Waals surface area contributed by atoms with Crippen molar-refractivity contribution in [3.05, 3.63) is 140 Å². The minimum absolute atomic E-state index is 1.17. The predicted octanol–water partition coefficient (Wildman–Crippen LogP) is 10.4. The Hall–Kier alpha value is -4.35. The summed E-state index contributed by atoms with van der Waals surface area (Å²) < 4.78 is 4.71. The molecule has 0 N–H and O–H groups in total. The molecule has 39 heavy (non-hydrogen) atoms. The first-order valence-electron chi connectivity index (χ1n) is 13.2. The summed E-state index contributed by atoms with van der Waals surface area (Å²) in [7, 11) is 0. The van der Waals surface area contributed by atoms with Crippen LogP contribution in [0.15, 0.2) is 140 Å². The van der Waals surface area contributed by atoms with Gasteiger partial charge in [-0.25, -0.2) is 0 Å². The van der Waals surface area contributed by atoms with Crippen molar-refractivity contribution in [2.24, 2.45) is 0 Å². The van der Waals surface area contributed by atoms with E-state index in [0.29, 0.717) is 0 Å². The number of benzene rings is 6. The maximum absolute atomic E-state index is 2.43. The summed E-state index contributed by atoms with van der Waals surface area (Å²) in [6, 6.07) is 50.4. The van der Waals surface area contributed by atoms with Gasteiger partial charge in [-0.2, -0.15) is 0 Å². The number of para-hydroxylation sites is 2. The molecular formula is C36H23IN2. The summed E-state index contributed by atoms with van der Waals surface area (Å²) in [5.41, 5.74) is 11.0. The Kier molecular flexibility index (Phi) is 5.13. The predicted molar refractivity (Wildman–Crippen MR) is 174 cm³/mol. The van der Waals surface area contributed by atoms with Gasteiger partial charge in [0.1, 0.15) is 0 Å². The van der Waals surface area contributed by atoms with Crippen molar-refractivity contribution in [1.29, 1.82) is 0 Å². The monoisotopic (exact) mass is 610 g/mol. The van der Waals surface area contributed by atoms with Gasteiger partial charge in [-0.3, -0.25) is 2.78 Å². The van der Waals surface area contributed by atoms with Gasteiger partial charge >= 0.3 is 0 Å². The van der Waals surface area contributed by atoms with Crippen LogP contribution in [0.4, 0.5) is 0 Å². The molecule has 0 saturated carbocycles. The van der Waals surface area contributed by atoms with Crippen molar-refractivity contribution in [1.82, 2.24) is 7.35 Å². The number of halogens is 1. The van der Waals surface area contributed by atoms with Crippen LogP contribution in [0.1, 0.15) is 0 Å². The Morgan fingerprint density at radius 3 is 1.69 bits per heavy atom. The first-order chi connectivity index (χ1) is 19.3. The molecule has 3 heteroatoms. The Morgan fingerprint density at radius 1 is 0.385 bits per heavy atom. The summed E-state index contributed by atoms with van der Waals surface area (Å²) in [4.78, 5) is 0. The Bertz CT molecular complexity index is 2170. The standard InChI is InChI=1S/C36H23IN2/c37-39-32-16-7-5-14-30(32)36-34(39)22-21-33-35(36)29-13-4-6-15-31(29)38(33)28-12-8-11-27(23-28)26-19-17-25(18-20-26)24-9-2-1-3-10-24/h1-23H. The van der Waals surface area contributed by atoms with E-state index in [-0.39, 0.29) is 0 Å². The van der Waals surface area contributed by atoms with Gasteiger partial charge in [0.2, 0.25) is 0 Å². The molecule has 0 unspecified atom stereocenters. The Labute approximate surface area is 240 Å². The number of nitrogens with zero attached hydrogens (tertiary/aromatic N) is 2. The second-order valence-electron chi connectivity index (χ2n) is 10.00. The van der Waals surface area contributed by atoms with Crippen LogP contribution in [0.5, 0.6) is 0 Å².